The van der Waals surface area contributed by atoms with Crippen molar-refractivity contribution >= 4 is 23.5 Å². The predicted molar refractivity (Wildman–Crippen MR) is 71.9 cm³/mol. The Bertz CT molecular complexity index is 466. The molecule has 3 amide bonds. The smallest absolute Gasteiger partial charge is 0.439 e. The van der Waals surface area contributed by atoms with Crippen molar-refractivity contribution in [1.82, 2.24) is 10.0 Å². The summed E-state index contributed by atoms with van der Waals surface area (Å²) in [4.78, 5) is 28.4. The summed E-state index contributed by atoms with van der Waals surface area (Å²) in [6, 6.07) is -0.770. The Morgan fingerprint density at radius 1 is 1.45 bits per heavy atom. The minimum atomic E-state index is -0.902. The fourth-order valence-electron chi connectivity index (χ4n) is 1.35. The molecule has 0 atom stereocenters. The molecule has 0 saturated heterocycles. The van der Waals surface area contributed by atoms with Crippen molar-refractivity contribution in [2.45, 2.75) is 33.3 Å². The molecule has 0 aromatic rings. The average molecular weight is 285 g/mol. The summed E-state index contributed by atoms with van der Waals surface area (Å²) in [5, 5.41) is 9.02. The zero-order chi connectivity index (χ0) is 15.5. The SMILES string of the molecule is CO/N=C(\C)C1=NN(C(=O)OC(C)(C)C)C(=O)N(N)C1. The lowest BCUT2D eigenvalue weighted by atomic mass is 10.2. The minimum Gasteiger partial charge on any atom is -0.442 e. The van der Waals surface area contributed by atoms with E-state index in [-0.39, 0.29) is 6.54 Å². The van der Waals surface area contributed by atoms with Crippen LogP contribution in [0.1, 0.15) is 27.7 Å². The first kappa shape index (κ1) is 15.9. The molecule has 20 heavy (non-hydrogen) atoms. The molecule has 0 fully saturated rings. The standard InChI is InChI=1S/C11H19N5O4/c1-7(14-19-5)8-6-15(12)9(17)16(13-8)10(18)20-11(2,3)4/h6,12H2,1-5H3/b14-7+. The summed E-state index contributed by atoms with van der Waals surface area (Å²) in [5.74, 6) is 5.55. The molecular weight excluding hydrogens is 266 g/mol. The van der Waals surface area contributed by atoms with Gasteiger partial charge in [-0.2, -0.15) is 5.10 Å². The molecule has 0 saturated carbocycles. The van der Waals surface area contributed by atoms with E-state index >= 15 is 0 Å². The van der Waals surface area contributed by atoms with Crippen LogP contribution >= 0.6 is 0 Å². The third kappa shape index (κ3) is 3.92. The van der Waals surface area contributed by atoms with Gasteiger partial charge in [-0.1, -0.05) is 5.16 Å². The quantitative estimate of drug-likeness (QED) is 0.351. The van der Waals surface area contributed by atoms with Crippen LogP contribution in [0.25, 0.3) is 0 Å². The first-order valence-corrected chi connectivity index (χ1v) is 5.90. The van der Waals surface area contributed by atoms with Gasteiger partial charge < -0.3 is 9.57 Å². The zero-order valence-electron chi connectivity index (χ0n) is 12.2. The number of hydrogen-bond acceptors (Lipinski definition) is 7. The highest BCUT2D eigenvalue weighted by molar-refractivity contribution is 6.42. The number of nitrogens with two attached hydrogens (primary N) is 1. The second-order valence-corrected chi connectivity index (χ2v) is 5.11. The van der Waals surface area contributed by atoms with Crippen LogP contribution in [-0.2, 0) is 9.57 Å². The highest BCUT2D eigenvalue weighted by atomic mass is 16.6. The van der Waals surface area contributed by atoms with Crippen LogP contribution in [0.4, 0.5) is 9.59 Å². The summed E-state index contributed by atoms with van der Waals surface area (Å²) < 4.78 is 5.09. The minimum absolute atomic E-state index is 0.0246. The molecule has 0 aromatic heterocycles. The number of ether oxygens (including phenoxy) is 1. The van der Waals surface area contributed by atoms with Gasteiger partial charge in [0.15, 0.2) is 0 Å². The molecule has 1 aliphatic rings. The molecule has 112 valence electrons. The van der Waals surface area contributed by atoms with Gasteiger partial charge in [0.25, 0.3) is 0 Å². The molecule has 0 spiro atoms. The second kappa shape index (κ2) is 5.87. The van der Waals surface area contributed by atoms with Crippen LogP contribution in [0.5, 0.6) is 0 Å². The van der Waals surface area contributed by atoms with Gasteiger partial charge >= 0.3 is 12.1 Å². The number of hydrazone groups is 1. The highest BCUT2D eigenvalue weighted by Crippen LogP contribution is 2.13. The van der Waals surface area contributed by atoms with Gasteiger partial charge in [0, 0.05) is 0 Å². The lowest BCUT2D eigenvalue weighted by Crippen LogP contribution is -2.55. The molecule has 9 nitrogen and oxygen atoms in total. The Labute approximate surface area is 116 Å². The monoisotopic (exact) mass is 285 g/mol. The summed E-state index contributed by atoms with van der Waals surface area (Å²) in [6.07, 6.45) is -0.902. The van der Waals surface area contributed by atoms with Crippen LogP contribution in [0.2, 0.25) is 0 Å². The molecule has 1 aliphatic heterocycles. The van der Waals surface area contributed by atoms with E-state index in [0.29, 0.717) is 16.4 Å². The number of hydrogen-bond donors (Lipinski definition) is 1. The van der Waals surface area contributed by atoms with Crippen LogP contribution < -0.4 is 5.84 Å². The first-order valence-electron chi connectivity index (χ1n) is 5.90. The Morgan fingerprint density at radius 2 is 2.05 bits per heavy atom. The fourth-order valence-corrected chi connectivity index (χ4v) is 1.35. The van der Waals surface area contributed by atoms with Crippen LogP contribution in [0, 0.1) is 0 Å². The number of carbonyl (C=O) groups is 2. The van der Waals surface area contributed by atoms with Gasteiger partial charge in [0.05, 0.1) is 6.54 Å². The largest absolute Gasteiger partial charge is 0.442 e. The number of nitrogens with zero attached hydrogens (tertiary/aromatic N) is 4. The summed E-state index contributed by atoms with van der Waals surface area (Å²) >= 11 is 0. The highest BCUT2D eigenvalue weighted by Gasteiger charge is 2.34. The predicted octanol–water partition coefficient (Wildman–Crippen LogP) is 0.911. The Hall–Kier alpha value is -2.16. The van der Waals surface area contributed by atoms with E-state index < -0.39 is 17.7 Å². The molecular formula is C11H19N5O4. The molecule has 0 unspecified atom stereocenters. The van der Waals surface area contributed by atoms with E-state index in [1.54, 1.807) is 27.7 Å². The van der Waals surface area contributed by atoms with Gasteiger partial charge in [-0.3, -0.25) is 5.01 Å². The Balaban J connectivity index is 3.03. The van der Waals surface area contributed by atoms with E-state index in [1.807, 2.05) is 0 Å². The van der Waals surface area contributed by atoms with Crippen molar-refractivity contribution < 1.29 is 19.2 Å². The molecule has 1 rings (SSSR count). The molecule has 9 heteroatoms. The maximum atomic E-state index is 11.9. The van der Waals surface area contributed by atoms with E-state index in [0.717, 1.165) is 5.01 Å². The van der Waals surface area contributed by atoms with Gasteiger partial charge in [0.2, 0.25) is 0 Å². The third-order valence-electron chi connectivity index (χ3n) is 2.18. The first-order chi connectivity index (χ1) is 9.15. The zero-order valence-corrected chi connectivity index (χ0v) is 12.2. The van der Waals surface area contributed by atoms with Crippen molar-refractivity contribution in [2.24, 2.45) is 16.1 Å². The van der Waals surface area contributed by atoms with Crippen molar-refractivity contribution in [1.29, 1.82) is 0 Å². The number of rotatable bonds is 2. The number of hydrazine groups is 1. The van der Waals surface area contributed by atoms with E-state index in [9.17, 15) is 9.59 Å². The molecule has 0 aromatic carbocycles. The van der Waals surface area contributed by atoms with E-state index in [2.05, 4.69) is 15.1 Å². The van der Waals surface area contributed by atoms with Crippen molar-refractivity contribution in [2.75, 3.05) is 13.7 Å². The van der Waals surface area contributed by atoms with Gasteiger partial charge in [-0.25, -0.2) is 15.4 Å². The number of amides is 3. The lowest BCUT2D eigenvalue weighted by Gasteiger charge is -2.30. The maximum Gasteiger partial charge on any atom is 0.439 e. The second-order valence-electron chi connectivity index (χ2n) is 5.11. The Morgan fingerprint density at radius 3 is 2.55 bits per heavy atom. The van der Waals surface area contributed by atoms with Crippen molar-refractivity contribution in [3.05, 3.63) is 0 Å². The van der Waals surface area contributed by atoms with E-state index in [1.165, 1.54) is 7.11 Å². The number of oxime groups is 1. The van der Waals surface area contributed by atoms with Crippen LogP contribution in [0.3, 0.4) is 0 Å². The van der Waals surface area contributed by atoms with Crippen molar-refractivity contribution in [3.63, 3.8) is 0 Å². The number of urea groups is 1. The number of imide groups is 1. The van der Waals surface area contributed by atoms with Crippen LogP contribution in [0.15, 0.2) is 10.3 Å². The molecule has 1 heterocycles. The summed E-state index contributed by atoms with van der Waals surface area (Å²) in [6.45, 7) is 6.70. The molecule has 0 bridgehead atoms. The molecule has 0 radical (unpaired) electrons. The van der Waals surface area contributed by atoms with Gasteiger partial charge in [-0.15, -0.1) is 5.01 Å². The summed E-state index contributed by atoms with van der Waals surface area (Å²) in [5.41, 5.74) is -0.0108. The number of carbonyl (C=O) groups excluding carboxylic acids is 2. The Kier molecular flexibility index (Phi) is 4.66. The van der Waals surface area contributed by atoms with Gasteiger partial charge in [0.1, 0.15) is 24.1 Å². The topological polar surface area (TPSA) is 110 Å². The lowest BCUT2D eigenvalue weighted by molar-refractivity contribution is 0.0280. The maximum absolute atomic E-state index is 11.9. The molecule has 0 aliphatic carbocycles. The van der Waals surface area contributed by atoms with Crippen LogP contribution in [-0.4, -0.2) is 52.8 Å². The fraction of sp³-hybridized carbons (Fsp3) is 0.636. The third-order valence-corrected chi connectivity index (χ3v) is 2.18. The van der Waals surface area contributed by atoms with Crippen molar-refractivity contribution in [3.8, 4) is 0 Å². The van der Waals surface area contributed by atoms with Gasteiger partial charge in [-0.05, 0) is 27.7 Å². The van der Waals surface area contributed by atoms with E-state index in [4.69, 9.17) is 10.6 Å². The average Bonchev–Trinajstić information content (AvgIpc) is 2.30. The normalized spacial score (nSPS) is 17.0. The molecule has 2 N–H and O–H groups in total. The summed E-state index contributed by atoms with van der Waals surface area (Å²) in [7, 11) is 1.38.